The molecule has 0 heterocycles. The average Bonchev–Trinajstić information content (AvgIpc) is 2.01. The maximum Gasteiger partial charge on any atom is 0.458 e. The molecule has 13 heavy (non-hydrogen) atoms. The van der Waals surface area contributed by atoms with Crippen molar-refractivity contribution in [2.24, 2.45) is 0 Å². The molecule has 0 N–H and O–H groups in total. The number of carbonyl (C=O) groups is 2. The van der Waals surface area contributed by atoms with Crippen molar-refractivity contribution in [1.29, 1.82) is 0 Å². The summed E-state index contributed by atoms with van der Waals surface area (Å²) in [6.45, 7) is 0. The van der Waals surface area contributed by atoms with Crippen molar-refractivity contribution in [2.45, 2.75) is 25.4 Å². The maximum absolute atomic E-state index is 11.6. The summed E-state index contributed by atoms with van der Waals surface area (Å²) in [7, 11) is 0. The predicted octanol–water partition coefficient (Wildman–Crippen LogP) is 2.10. The van der Waals surface area contributed by atoms with E-state index < -0.39 is 17.7 Å². The van der Waals surface area contributed by atoms with E-state index in [1.165, 1.54) is 0 Å². The first-order valence-electron chi connectivity index (χ1n) is 3.60. The van der Waals surface area contributed by atoms with Gasteiger partial charge in [-0.05, 0) is 12.8 Å². The number of halogens is 4. The largest absolute Gasteiger partial charge is 0.458 e. The zero-order valence-corrected chi connectivity index (χ0v) is 7.41. The third-order valence-electron chi connectivity index (χ3n) is 1.30. The Balaban J connectivity index is 3.92. The van der Waals surface area contributed by atoms with Crippen molar-refractivity contribution in [3.8, 4) is 0 Å². The molecule has 0 unspecified atom stereocenters. The quantitative estimate of drug-likeness (QED) is 0.401. The summed E-state index contributed by atoms with van der Waals surface area (Å²) >= 11 is 5.24. The molecule has 0 saturated carbocycles. The lowest BCUT2D eigenvalue weighted by atomic mass is 10.1. The predicted molar refractivity (Wildman–Crippen MR) is 40.6 cm³/mol. The van der Waals surface area contributed by atoms with Crippen LogP contribution in [0.5, 0.6) is 0 Å². The second kappa shape index (κ2) is 5.21. The van der Waals surface area contributed by atoms with Crippen LogP contribution in [0, 0.1) is 0 Å². The zero-order chi connectivity index (χ0) is 10.5. The van der Waals surface area contributed by atoms with E-state index in [2.05, 4.69) is 0 Å². The van der Waals surface area contributed by atoms with Crippen LogP contribution in [0.2, 0.25) is 0 Å². The molecule has 0 aromatic rings. The van der Waals surface area contributed by atoms with Crippen molar-refractivity contribution < 1.29 is 22.8 Å². The van der Waals surface area contributed by atoms with Gasteiger partial charge >= 0.3 is 12.0 Å². The molecule has 2 nitrogen and oxygen atoms in total. The first kappa shape index (κ1) is 12.4. The first-order valence-corrected chi connectivity index (χ1v) is 4.13. The molecule has 0 aliphatic heterocycles. The molecule has 0 aliphatic rings. The molecule has 0 spiro atoms. The summed E-state index contributed by atoms with van der Waals surface area (Å²) in [5, 5.41) is 0. The molecular formula is C7H8ClF3O2. The molecule has 6 heteroatoms. The molecule has 0 atom stereocenters. The van der Waals surface area contributed by atoms with Crippen molar-refractivity contribution >= 4 is 23.2 Å². The highest BCUT2D eigenvalue weighted by molar-refractivity contribution is 6.39. The molecule has 0 radical (unpaired) electrons. The van der Waals surface area contributed by atoms with E-state index in [4.69, 9.17) is 11.6 Å². The highest BCUT2D eigenvalue weighted by atomic mass is 35.5. The summed E-state index contributed by atoms with van der Waals surface area (Å²) in [4.78, 5) is 20.8. The Kier molecular flexibility index (Phi) is 4.98. The number of unbranched alkanes of at least 4 members (excludes halogenated alkanes) is 1. The van der Waals surface area contributed by atoms with Crippen molar-refractivity contribution in [1.82, 2.24) is 0 Å². The van der Waals surface area contributed by atoms with Crippen LogP contribution < -0.4 is 0 Å². The van der Waals surface area contributed by atoms with Crippen LogP contribution in [-0.4, -0.2) is 23.6 Å². The topological polar surface area (TPSA) is 34.1 Å². The van der Waals surface area contributed by atoms with Gasteiger partial charge in [0.1, 0.15) is 0 Å². The average molecular weight is 217 g/mol. The molecule has 76 valence electrons. The number of ketones is 2. The number of alkyl halides is 4. The normalized spacial score (nSPS) is 11.4. The molecule has 0 amide bonds. The lowest BCUT2D eigenvalue weighted by Gasteiger charge is -2.02. The van der Waals surface area contributed by atoms with E-state index in [-0.39, 0.29) is 18.7 Å². The standard InChI is InChI=1S/C7H8ClF3O2/c8-4-2-1-3-5(12)6(13)7(9,10)11/h1-4H2. The van der Waals surface area contributed by atoms with Crippen LogP contribution >= 0.6 is 11.6 Å². The minimum absolute atomic E-state index is 0.212. The van der Waals surface area contributed by atoms with Crippen molar-refractivity contribution in [3.05, 3.63) is 0 Å². The van der Waals surface area contributed by atoms with Crippen LogP contribution in [0.3, 0.4) is 0 Å². The number of carbonyl (C=O) groups excluding carboxylic acids is 2. The fourth-order valence-electron chi connectivity index (χ4n) is 0.652. The SMILES string of the molecule is O=C(CCCCCl)C(=O)C(F)(F)F. The minimum Gasteiger partial charge on any atom is -0.291 e. The van der Waals surface area contributed by atoms with E-state index >= 15 is 0 Å². The number of rotatable bonds is 5. The molecule has 0 aromatic heterocycles. The van der Waals surface area contributed by atoms with Gasteiger partial charge in [-0.1, -0.05) is 0 Å². The van der Waals surface area contributed by atoms with E-state index in [0.717, 1.165) is 0 Å². The Morgan fingerprint density at radius 2 is 1.69 bits per heavy atom. The van der Waals surface area contributed by atoms with Gasteiger partial charge in [-0.3, -0.25) is 9.59 Å². The smallest absolute Gasteiger partial charge is 0.291 e. The molecule has 0 aromatic carbocycles. The third-order valence-corrected chi connectivity index (χ3v) is 1.57. The third kappa shape index (κ3) is 4.87. The van der Waals surface area contributed by atoms with Gasteiger partial charge in [0.15, 0.2) is 0 Å². The summed E-state index contributed by atoms with van der Waals surface area (Å²) in [6.07, 6.45) is -4.79. The van der Waals surface area contributed by atoms with Crippen LogP contribution in [0.1, 0.15) is 19.3 Å². The van der Waals surface area contributed by atoms with E-state index in [1.807, 2.05) is 0 Å². The van der Waals surface area contributed by atoms with Crippen LogP contribution in [0.25, 0.3) is 0 Å². The minimum atomic E-state index is -5.04. The molecule has 0 aliphatic carbocycles. The van der Waals surface area contributed by atoms with E-state index in [0.29, 0.717) is 6.42 Å². The van der Waals surface area contributed by atoms with Gasteiger partial charge in [0.05, 0.1) is 0 Å². The van der Waals surface area contributed by atoms with Crippen LogP contribution in [0.15, 0.2) is 0 Å². The second-order valence-electron chi connectivity index (χ2n) is 2.40. The Hall–Kier alpha value is -0.580. The van der Waals surface area contributed by atoms with E-state index in [1.54, 1.807) is 0 Å². The molecule has 0 bridgehead atoms. The molecule has 0 saturated heterocycles. The first-order chi connectivity index (χ1) is 5.89. The van der Waals surface area contributed by atoms with Crippen molar-refractivity contribution in [2.75, 3.05) is 5.88 Å². The lowest BCUT2D eigenvalue weighted by Crippen LogP contribution is -2.30. The van der Waals surface area contributed by atoms with Gasteiger partial charge in [0, 0.05) is 12.3 Å². The maximum atomic E-state index is 11.6. The summed E-state index contributed by atoms with van der Waals surface area (Å²) in [5.74, 6) is -3.40. The van der Waals surface area contributed by atoms with Crippen molar-refractivity contribution in [3.63, 3.8) is 0 Å². The Morgan fingerprint density at radius 3 is 2.08 bits per heavy atom. The van der Waals surface area contributed by atoms with Crippen LogP contribution in [-0.2, 0) is 9.59 Å². The molecule has 0 rings (SSSR count). The van der Waals surface area contributed by atoms with Gasteiger partial charge in [-0.2, -0.15) is 13.2 Å². The Labute approximate surface area is 78.1 Å². The molecular weight excluding hydrogens is 209 g/mol. The lowest BCUT2D eigenvalue weighted by molar-refractivity contribution is -0.174. The van der Waals surface area contributed by atoms with Gasteiger partial charge in [0.25, 0.3) is 0 Å². The van der Waals surface area contributed by atoms with E-state index in [9.17, 15) is 22.8 Å². The zero-order valence-electron chi connectivity index (χ0n) is 6.66. The van der Waals surface area contributed by atoms with Gasteiger partial charge in [-0.15, -0.1) is 11.6 Å². The highest BCUT2D eigenvalue weighted by Crippen LogP contribution is 2.17. The van der Waals surface area contributed by atoms with Gasteiger partial charge < -0.3 is 0 Å². The fraction of sp³-hybridized carbons (Fsp3) is 0.714. The summed E-state index contributed by atoms with van der Waals surface area (Å²) in [6, 6.07) is 0. The van der Waals surface area contributed by atoms with Crippen LogP contribution in [0.4, 0.5) is 13.2 Å². The molecule has 0 fully saturated rings. The summed E-state index contributed by atoms with van der Waals surface area (Å²) < 4.78 is 34.8. The number of Topliss-reactive ketones (excluding diaryl/α,β-unsaturated/α-hetero) is 2. The Morgan fingerprint density at radius 1 is 1.15 bits per heavy atom. The van der Waals surface area contributed by atoms with Gasteiger partial charge in [0.2, 0.25) is 5.78 Å². The fourth-order valence-corrected chi connectivity index (χ4v) is 0.841. The highest BCUT2D eigenvalue weighted by Gasteiger charge is 2.42. The number of hydrogen-bond acceptors (Lipinski definition) is 2. The monoisotopic (exact) mass is 216 g/mol. The Bertz CT molecular complexity index is 200. The second-order valence-corrected chi connectivity index (χ2v) is 2.77. The summed E-state index contributed by atoms with van der Waals surface area (Å²) in [5.41, 5.74) is 0. The number of hydrogen-bond donors (Lipinski definition) is 0. The van der Waals surface area contributed by atoms with Gasteiger partial charge in [-0.25, -0.2) is 0 Å².